The number of hydrogen-bond acceptors (Lipinski definition) is 4. The number of nitrogens with zero attached hydrogens (tertiary/aromatic N) is 2. The predicted molar refractivity (Wildman–Crippen MR) is 101 cm³/mol. The summed E-state index contributed by atoms with van der Waals surface area (Å²) < 4.78 is 5.31. The molecular weight excluding hydrogens is 330 g/mol. The van der Waals surface area contributed by atoms with Crippen molar-refractivity contribution < 1.29 is 14.3 Å². The molecule has 2 amide bonds. The van der Waals surface area contributed by atoms with Gasteiger partial charge in [0.05, 0.1) is 6.61 Å². The van der Waals surface area contributed by atoms with Gasteiger partial charge in [0.2, 0.25) is 5.91 Å². The average molecular weight is 359 g/mol. The fraction of sp³-hybridized carbons (Fsp3) is 0.600. The Kier molecular flexibility index (Phi) is 5.81. The lowest BCUT2D eigenvalue weighted by Crippen LogP contribution is -2.59. The molecule has 2 aliphatic heterocycles. The van der Waals surface area contributed by atoms with E-state index in [-0.39, 0.29) is 18.4 Å². The fourth-order valence-corrected chi connectivity index (χ4v) is 4.22. The van der Waals surface area contributed by atoms with Crippen molar-refractivity contribution in [2.45, 2.75) is 37.6 Å². The first-order chi connectivity index (χ1) is 12.6. The summed E-state index contributed by atoms with van der Waals surface area (Å²) in [7, 11) is 3.17. The van der Waals surface area contributed by atoms with Gasteiger partial charge in [0, 0.05) is 45.0 Å². The Morgan fingerprint density at radius 2 is 1.77 bits per heavy atom. The molecule has 0 bridgehead atoms. The van der Waals surface area contributed by atoms with Gasteiger partial charge in [-0.05, 0) is 56.4 Å². The Labute approximate surface area is 155 Å². The molecule has 2 saturated heterocycles. The van der Waals surface area contributed by atoms with Crippen LogP contribution < -0.4 is 10.2 Å². The molecule has 26 heavy (non-hydrogen) atoms. The largest absolute Gasteiger partial charge is 0.382 e. The zero-order valence-corrected chi connectivity index (χ0v) is 15.8. The van der Waals surface area contributed by atoms with Crippen LogP contribution in [0.2, 0.25) is 0 Å². The molecule has 1 N–H and O–H groups in total. The summed E-state index contributed by atoms with van der Waals surface area (Å²) in [5.41, 5.74) is 0.876. The molecule has 6 heteroatoms. The van der Waals surface area contributed by atoms with Gasteiger partial charge in [0.25, 0.3) is 5.91 Å². The Morgan fingerprint density at radius 3 is 2.38 bits per heavy atom. The van der Waals surface area contributed by atoms with Crippen LogP contribution in [0.4, 0.5) is 5.69 Å². The highest BCUT2D eigenvalue weighted by Gasteiger charge is 2.49. The SMILES string of the molecule is CNC(=O)C1(COC)CCCN1C(=O)c1ccc(N2CCCCC2)cc1. The van der Waals surface area contributed by atoms with Gasteiger partial charge in [0.1, 0.15) is 5.54 Å². The van der Waals surface area contributed by atoms with E-state index < -0.39 is 5.54 Å². The second kappa shape index (κ2) is 8.08. The Balaban J connectivity index is 1.79. The number of amides is 2. The monoisotopic (exact) mass is 359 g/mol. The number of methoxy groups -OCH3 is 1. The summed E-state index contributed by atoms with van der Waals surface area (Å²) in [4.78, 5) is 29.7. The van der Waals surface area contributed by atoms with Crippen molar-refractivity contribution >= 4 is 17.5 Å². The van der Waals surface area contributed by atoms with E-state index in [1.54, 1.807) is 19.1 Å². The number of carbonyl (C=O) groups excluding carboxylic acids is 2. The fourth-order valence-electron chi connectivity index (χ4n) is 4.22. The first-order valence-electron chi connectivity index (χ1n) is 9.50. The van der Waals surface area contributed by atoms with E-state index in [4.69, 9.17) is 4.74 Å². The summed E-state index contributed by atoms with van der Waals surface area (Å²) in [5.74, 6) is -0.261. The zero-order chi connectivity index (χ0) is 18.6. The molecule has 2 aliphatic rings. The van der Waals surface area contributed by atoms with E-state index >= 15 is 0 Å². The summed E-state index contributed by atoms with van der Waals surface area (Å²) in [6.07, 6.45) is 5.16. The zero-order valence-electron chi connectivity index (χ0n) is 15.8. The highest BCUT2D eigenvalue weighted by molar-refractivity contribution is 6.00. The summed E-state index contributed by atoms with van der Waals surface area (Å²) in [6, 6.07) is 7.80. The Morgan fingerprint density at radius 1 is 1.08 bits per heavy atom. The van der Waals surface area contributed by atoms with Crippen LogP contribution in [0.3, 0.4) is 0 Å². The second-order valence-corrected chi connectivity index (χ2v) is 7.20. The highest BCUT2D eigenvalue weighted by Crippen LogP contribution is 2.32. The molecule has 6 nitrogen and oxygen atoms in total. The summed E-state index contributed by atoms with van der Waals surface area (Å²) in [5, 5.41) is 2.70. The van der Waals surface area contributed by atoms with E-state index in [0.29, 0.717) is 18.5 Å². The molecule has 2 fully saturated rings. The standard InChI is InChI=1S/C20H29N3O3/c1-21-19(25)20(15-26-2)11-6-14-23(20)18(24)16-7-9-17(10-8-16)22-12-4-3-5-13-22/h7-10H,3-6,11-15H2,1-2H3,(H,21,25). The van der Waals surface area contributed by atoms with E-state index in [2.05, 4.69) is 10.2 Å². The second-order valence-electron chi connectivity index (χ2n) is 7.20. The van der Waals surface area contributed by atoms with Gasteiger partial charge < -0.3 is 19.9 Å². The minimum Gasteiger partial charge on any atom is -0.382 e. The number of nitrogens with one attached hydrogen (secondary N) is 1. The van der Waals surface area contributed by atoms with Gasteiger partial charge in [-0.25, -0.2) is 0 Å². The molecule has 0 aromatic heterocycles. The molecule has 1 unspecified atom stereocenters. The number of likely N-dealkylation sites (tertiary alicyclic amines) is 1. The lowest BCUT2D eigenvalue weighted by Gasteiger charge is -2.36. The van der Waals surface area contributed by atoms with E-state index in [1.807, 2.05) is 24.3 Å². The lowest BCUT2D eigenvalue weighted by molar-refractivity contribution is -0.133. The third-order valence-corrected chi connectivity index (χ3v) is 5.60. The maximum absolute atomic E-state index is 13.1. The lowest BCUT2D eigenvalue weighted by atomic mass is 9.95. The minimum atomic E-state index is -0.911. The van der Waals surface area contributed by atoms with E-state index in [1.165, 1.54) is 19.3 Å². The van der Waals surface area contributed by atoms with E-state index in [9.17, 15) is 9.59 Å². The molecule has 1 aromatic rings. The van der Waals surface area contributed by atoms with E-state index in [0.717, 1.165) is 25.2 Å². The maximum atomic E-state index is 13.1. The van der Waals surface area contributed by atoms with Gasteiger partial charge in [-0.15, -0.1) is 0 Å². The van der Waals surface area contributed by atoms with Crippen LogP contribution in [0.25, 0.3) is 0 Å². The van der Waals surface area contributed by atoms with Crippen LogP contribution in [0.15, 0.2) is 24.3 Å². The number of piperidine rings is 1. The number of rotatable bonds is 5. The number of likely N-dealkylation sites (N-methyl/N-ethyl adjacent to an activating group) is 1. The normalized spacial score (nSPS) is 23.2. The van der Waals surface area contributed by atoms with Crippen molar-refractivity contribution in [1.82, 2.24) is 10.2 Å². The smallest absolute Gasteiger partial charge is 0.254 e. The Hall–Kier alpha value is -2.08. The quantitative estimate of drug-likeness (QED) is 0.874. The van der Waals surface area contributed by atoms with Crippen molar-refractivity contribution in [3.63, 3.8) is 0 Å². The minimum absolute atomic E-state index is 0.103. The van der Waals surface area contributed by atoms with Gasteiger partial charge in [-0.1, -0.05) is 0 Å². The number of carbonyl (C=O) groups is 2. The number of benzene rings is 1. The maximum Gasteiger partial charge on any atom is 0.254 e. The first-order valence-corrected chi connectivity index (χ1v) is 9.50. The molecular formula is C20H29N3O3. The molecule has 2 heterocycles. The van der Waals surface area contributed by atoms with Gasteiger partial charge in [-0.3, -0.25) is 9.59 Å². The molecule has 0 spiro atoms. The molecule has 3 rings (SSSR count). The predicted octanol–water partition coefficient (Wildman–Crippen LogP) is 2.04. The van der Waals surface area contributed by atoms with Crippen LogP contribution in [0, 0.1) is 0 Å². The van der Waals surface area contributed by atoms with Gasteiger partial charge >= 0.3 is 0 Å². The van der Waals surface area contributed by atoms with Crippen molar-refractivity contribution in [3.05, 3.63) is 29.8 Å². The van der Waals surface area contributed by atoms with Crippen molar-refractivity contribution in [2.24, 2.45) is 0 Å². The number of anilines is 1. The number of hydrogen-bond donors (Lipinski definition) is 1. The van der Waals surface area contributed by atoms with Crippen LogP contribution in [-0.4, -0.2) is 62.7 Å². The third-order valence-electron chi connectivity index (χ3n) is 5.60. The molecule has 0 radical (unpaired) electrons. The molecule has 0 saturated carbocycles. The van der Waals surface area contributed by atoms with Crippen molar-refractivity contribution in [3.8, 4) is 0 Å². The first kappa shape index (κ1) is 18.7. The van der Waals surface area contributed by atoms with Gasteiger partial charge in [-0.2, -0.15) is 0 Å². The van der Waals surface area contributed by atoms with Crippen molar-refractivity contribution in [1.29, 1.82) is 0 Å². The highest BCUT2D eigenvalue weighted by atomic mass is 16.5. The molecule has 0 aliphatic carbocycles. The molecule has 1 atom stereocenters. The van der Waals surface area contributed by atoms with Crippen molar-refractivity contribution in [2.75, 3.05) is 45.3 Å². The summed E-state index contributed by atoms with van der Waals surface area (Å²) in [6.45, 7) is 2.94. The van der Waals surface area contributed by atoms with Gasteiger partial charge in [0.15, 0.2) is 0 Å². The van der Waals surface area contributed by atoms with Crippen LogP contribution in [-0.2, 0) is 9.53 Å². The topological polar surface area (TPSA) is 61.9 Å². The average Bonchev–Trinajstić information content (AvgIpc) is 3.12. The molecule has 142 valence electrons. The molecule has 1 aromatic carbocycles. The van der Waals surface area contributed by atoms with Crippen LogP contribution >= 0.6 is 0 Å². The number of ether oxygens (including phenoxy) is 1. The summed E-state index contributed by atoms with van der Waals surface area (Å²) >= 11 is 0. The van der Waals surface area contributed by atoms with Crippen LogP contribution in [0.5, 0.6) is 0 Å². The third kappa shape index (κ3) is 3.43. The Bertz CT molecular complexity index is 640. The van der Waals surface area contributed by atoms with Crippen LogP contribution in [0.1, 0.15) is 42.5 Å².